The van der Waals surface area contributed by atoms with Gasteiger partial charge >= 0.3 is 0 Å². The van der Waals surface area contributed by atoms with Crippen LogP contribution in [-0.2, 0) is 16.8 Å². The fourth-order valence-corrected chi connectivity index (χ4v) is 5.23. The lowest BCUT2D eigenvalue weighted by molar-refractivity contribution is -0.127. The van der Waals surface area contributed by atoms with E-state index in [2.05, 4.69) is 26.1 Å². The Hall–Kier alpha value is -2.63. The topological polar surface area (TPSA) is 67.2 Å². The Morgan fingerprint density at radius 1 is 1.06 bits per heavy atom. The third-order valence-corrected chi connectivity index (χ3v) is 7.46. The first kappa shape index (κ1) is 24.5. The van der Waals surface area contributed by atoms with E-state index in [1.807, 2.05) is 45.0 Å². The quantitative estimate of drug-likeness (QED) is 0.657. The van der Waals surface area contributed by atoms with Crippen LogP contribution >= 0.6 is 0 Å². The Bertz CT molecular complexity index is 1070. The maximum atomic E-state index is 14.0. The molecule has 0 unspecified atom stereocenters. The van der Waals surface area contributed by atoms with E-state index in [4.69, 9.17) is 5.10 Å². The molecule has 6 heteroatoms. The molecule has 1 atom stereocenters. The van der Waals surface area contributed by atoms with Crippen molar-refractivity contribution < 1.29 is 9.59 Å². The summed E-state index contributed by atoms with van der Waals surface area (Å²) in [5.41, 5.74) is 2.98. The third kappa shape index (κ3) is 4.64. The van der Waals surface area contributed by atoms with Crippen molar-refractivity contribution in [3.8, 4) is 0 Å². The number of aryl methyl sites for hydroxylation is 2. The van der Waals surface area contributed by atoms with E-state index in [1.165, 1.54) is 19.3 Å². The van der Waals surface area contributed by atoms with E-state index < -0.39 is 5.54 Å². The summed E-state index contributed by atoms with van der Waals surface area (Å²) < 4.78 is 1.75. The molecule has 1 fully saturated rings. The number of anilines is 1. The average molecular weight is 465 g/mol. The minimum absolute atomic E-state index is 0.0919. The molecule has 0 saturated heterocycles. The van der Waals surface area contributed by atoms with Crippen LogP contribution in [-0.4, -0.2) is 33.2 Å². The van der Waals surface area contributed by atoms with Gasteiger partial charge in [0.15, 0.2) is 0 Å². The van der Waals surface area contributed by atoms with Crippen LogP contribution in [0.15, 0.2) is 24.3 Å². The van der Waals surface area contributed by atoms with Gasteiger partial charge in [-0.05, 0) is 56.9 Å². The van der Waals surface area contributed by atoms with Crippen LogP contribution in [0.4, 0.5) is 5.69 Å². The van der Waals surface area contributed by atoms with Gasteiger partial charge in [0.25, 0.3) is 5.91 Å². The van der Waals surface area contributed by atoms with E-state index in [-0.39, 0.29) is 23.3 Å². The van der Waals surface area contributed by atoms with Gasteiger partial charge in [-0.3, -0.25) is 19.2 Å². The van der Waals surface area contributed by atoms with E-state index >= 15 is 0 Å². The zero-order chi connectivity index (χ0) is 24.7. The molecule has 1 saturated carbocycles. The molecule has 0 bridgehead atoms. The number of hydrogen-bond acceptors (Lipinski definition) is 3. The predicted molar refractivity (Wildman–Crippen MR) is 136 cm³/mol. The van der Waals surface area contributed by atoms with Crippen molar-refractivity contribution in [2.75, 3.05) is 4.90 Å². The summed E-state index contributed by atoms with van der Waals surface area (Å²) in [7, 11) is 0. The summed E-state index contributed by atoms with van der Waals surface area (Å²) in [6.07, 6.45) is 8.01. The molecule has 1 aliphatic heterocycles. The Kier molecular flexibility index (Phi) is 6.63. The lowest BCUT2D eigenvalue weighted by Gasteiger charge is -2.44. The second-order valence-electron chi connectivity index (χ2n) is 11.5. The minimum Gasteiger partial charge on any atom is -0.351 e. The monoisotopic (exact) mass is 464 g/mol. The number of aromatic nitrogens is 2. The molecule has 0 radical (unpaired) electrons. The smallest absolute Gasteiger partial charge is 0.277 e. The Balaban J connectivity index is 1.76. The fourth-order valence-electron chi connectivity index (χ4n) is 5.23. The molecule has 2 heterocycles. The predicted octanol–water partition coefficient (Wildman–Crippen LogP) is 5.45. The number of nitrogens with one attached hydrogen (secondary N) is 1. The van der Waals surface area contributed by atoms with Crippen LogP contribution in [0.5, 0.6) is 0 Å². The highest BCUT2D eigenvalue weighted by molar-refractivity contribution is 6.12. The number of carbonyl (C=O) groups excluding carboxylic acids is 2. The van der Waals surface area contributed by atoms with Gasteiger partial charge in [0.05, 0.1) is 12.2 Å². The molecular weight excluding hydrogens is 424 g/mol. The van der Waals surface area contributed by atoms with Gasteiger partial charge in [0.2, 0.25) is 5.91 Å². The summed E-state index contributed by atoms with van der Waals surface area (Å²) in [6, 6.07) is 8.14. The van der Waals surface area contributed by atoms with Crippen molar-refractivity contribution in [1.82, 2.24) is 15.1 Å². The molecule has 2 amide bonds. The normalized spacial score (nSPS) is 22.2. The van der Waals surface area contributed by atoms with Gasteiger partial charge in [-0.2, -0.15) is 5.10 Å². The van der Waals surface area contributed by atoms with Crippen molar-refractivity contribution >= 4 is 17.5 Å². The van der Waals surface area contributed by atoms with Gasteiger partial charge in [0.1, 0.15) is 11.2 Å². The van der Waals surface area contributed by atoms with E-state index in [9.17, 15) is 9.59 Å². The average Bonchev–Trinajstić information content (AvgIpc) is 3.17. The third-order valence-electron chi connectivity index (χ3n) is 7.46. The molecule has 1 aliphatic carbocycles. The van der Waals surface area contributed by atoms with Crippen LogP contribution in [0, 0.1) is 13.8 Å². The Labute approximate surface area is 204 Å². The SMILES string of the molecule is Cc1ccc(C)c(N2C(=O)c3cc(C(C)(C)C)nn3C[C@]2(C)C(=O)NC2CCCCCCC2)c1. The summed E-state index contributed by atoms with van der Waals surface area (Å²) in [5, 5.41) is 8.13. The van der Waals surface area contributed by atoms with Crippen LogP contribution in [0.25, 0.3) is 0 Å². The molecule has 2 aliphatic rings. The van der Waals surface area contributed by atoms with E-state index in [0.29, 0.717) is 12.2 Å². The van der Waals surface area contributed by atoms with Crippen molar-refractivity contribution in [3.63, 3.8) is 0 Å². The first-order valence-electron chi connectivity index (χ1n) is 12.8. The number of amides is 2. The number of hydrogen-bond donors (Lipinski definition) is 1. The molecule has 4 rings (SSSR count). The molecule has 6 nitrogen and oxygen atoms in total. The maximum Gasteiger partial charge on any atom is 0.277 e. The van der Waals surface area contributed by atoms with Gasteiger partial charge in [0, 0.05) is 17.1 Å². The van der Waals surface area contributed by atoms with E-state index in [0.717, 1.165) is 48.2 Å². The van der Waals surface area contributed by atoms with Crippen LogP contribution < -0.4 is 10.2 Å². The Morgan fingerprint density at radius 2 is 1.71 bits per heavy atom. The first-order valence-corrected chi connectivity index (χ1v) is 12.8. The lowest BCUT2D eigenvalue weighted by Crippen LogP contribution is -2.65. The number of carbonyl (C=O) groups is 2. The Morgan fingerprint density at radius 3 is 2.35 bits per heavy atom. The van der Waals surface area contributed by atoms with Crippen molar-refractivity contribution in [2.24, 2.45) is 0 Å². The molecule has 1 aromatic carbocycles. The standard InChI is InChI=1S/C28H40N4O2/c1-19-14-15-20(2)22(16-19)32-25(33)23-17-24(27(3,4)5)30-31(23)18-28(32,6)26(34)29-21-12-10-8-7-9-11-13-21/h14-17,21H,7-13,18H2,1-6H3,(H,29,34)/t28-/m1/s1. The molecule has 184 valence electrons. The van der Waals surface area contributed by atoms with Gasteiger partial charge in [-0.25, -0.2) is 0 Å². The first-order chi connectivity index (χ1) is 16.0. The summed E-state index contributed by atoms with van der Waals surface area (Å²) in [6.45, 7) is 12.5. The number of nitrogens with zero attached hydrogens (tertiary/aromatic N) is 3. The zero-order valence-electron chi connectivity index (χ0n) is 21.7. The maximum absolute atomic E-state index is 14.0. The highest BCUT2D eigenvalue weighted by Crippen LogP contribution is 2.36. The van der Waals surface area contributed by atoms with Crippen LogP contribution in [0.1, 0.15) is 99.9 Å². The summed E-state index contributed by atoms with van der Waals surface area (Å²) in [5.74, 6) is -0.260. The largest absolute Gasteiger partial charge is 0.351 e. The van der Waals surface area contributed by atoms with E-state index in [1.54, 1.807) is 9.58 Å². The zero-order valence-corrected chi connectivity index (χ0v) is 21.7. The van der Waals surface area contributed by atoms with Crippen molar-refractivity contribution in [3.05, 3.63) is 46.8 Å². The molecule has 1 aromatic heterocycles. The van der Waals surface area contributed by atoms with Gasteiger partial charge in [-0.1, -0.05) is 65.0 Å². The fraction of sp³-hybridized carbons (Fsp3) is 0.607. The molecule has 2 aromatic rings. The summed E-state index contributed by atoms with van der Waals surface area (Å²) >= 11 is 0. The molecule has 1 N–H and O–H groups in total. The summed E-state index contributed by atoms with van der Waals surface area (Å²) in [4.78, 5) is 29.7. The van der Waals surface area contributed by atoms with Crippen molar-refractivity contribution in [1.29, 1.82) is 0 Å². The number of fused-ring (bicyclic) bond motifs is 1. The minimum atomic E-state index is -1.08. The van der Waals surface area contributed by atoms with Gasteiger partial charge < -0.3 is 5.32 Å². The molecular formula is C28H40N4O2. The number of rotatable bonds is 3. The molecule has 0 spiro atoms. The highest BCUT2D eigenvalue weighted by atomic mass is 16.2. The highest BCUT2D eigenvalue weighted by Gasteiger charge is 2.50. The number of benzene rings is 1. The van der Waals surface area contributed by atoms with Gasteiger partial charge in [-0.15, -0.1) is 0 Å². The second-order valence-corrected chi connectivity index (χ2v) is 11.5. The lowest BCUT2D eigenvalue weighted by atomic mass is 9.90. The second kappa shape index (κ2) is 9.20. The van der Waals surface area contributed by atoms with Crippen LogP contribution in [0.2, 0.25) is 0 Å². The van der Waals surface area contributed by atoms with Crippen LogP contribution in [0.3, 0.4) is 0 Å². The molecule has 34 heavy (non-hydrogen) atoms. The van der Waals surface area contributed by atoms with Crippen molar-refractivity contribution in [2.45, 2.75) is 110 Å².